The lowest BCUT2D eigenvalue weighted by atomic mass is 10.3. The summed E-state index contributed by atoms with van der Waals surface area (Å²) < 4.78 is 43.7. The summed E-state index contributed by atoms with van der Waals surface area (Å²) in [6.07, 6.45) is -2.91. The first-order valence-corrected chi connectivity index (χ1v) is 6.00. The number of nitrogens with zero attached hydrogens (tertiary/aromatic N) is 2. The number of aromatic nitrogens is 1. The number of carbonyl (C=O) groups is 1. The van der Waals surface area contributed by atoms with Crippen molar-refractivity contribution in [2.75, 3.05) is 33.4 Å². The van der Waals surface area contributed by atoms with Crippen molar-refractivity contribution in [1.82, 2.24) is 9.47 Å². The molecule has 1 heterocycles. The van der Waals surface area contributed by atoms with Crippen molar-refractivity contribution in [3.8, 4) is 0 Å². The molecule has 8 heteroatoms. The number of methoxy groups -OCH3 is 1. The fourth-order valence-electron chi connectivity index (χ4n) is 1.74. The maximum absolute atomic E-state index is 12.4. The third kappa shape index (κ3) is 4.86. The quantitative estimate of drug-likeness (QED) is 0.820. The molecule has 0 spiro atoms. The summed E-state index contributed by atoms with van der Waals surface area (Å²) in [5.74, 6) is -0.766. The molecule has 0 aliphatic heterocycles. The minimum absolute atomic E-state index is 0.139. The highest BCUT2D eigenvalue weighted by molar-refractivity contribution is 5.92. The van der Waals surface area contributed by atoms with E-state index in [4.69, 9.17) is 9.84 Å². The zero-order valence-electron chi connectivity index (χ0n) is 11.1. The molecule has 1 aromatic heterocycles. The Labute approximate surface area is 114 Å². The van der Waals surface area contributed by atoms with E-state index in [2.05, 4.69) is 0 Å². The summed E-state index contributed by atoms with van der Waals surface area (Å²) in [6, 6.07) is 3.02. The van der Waals surface area contributed by atoms with Crippen molar-refractivity contribution in [1.29, 1.82) is 0 Å². The number of ether oxygens (including phenoxy) is 1. The predicted octanol–water partition coefficient (Wildman–Crippen LogP) is 1.13. The van der Waals surface area contributed by atoms with Crippen LogP contribution in [-0.4, -0.2) is 60.1 Å². The summed E-state index contributed by atoms with van der Waals surface area (Å²) in [6.45, 7) is -1.58. The second-order valence-electron chi connectivity index (χ2n) is 4.15. The number of rotatable bonds is 7. The van der Waals surface area contributed by atoms with Crippen molar-refractivity contribution >= 4 is 5.91 Å². The normalized spacial score (nSPS) is 11.7. The van der Waals surface area contributed by atoms with Crippen molar-refractivity contribution in [3.63, 3.8) is 0 Å². The second-order valence-corrected chi connectivity index (χ2v) is 4.15. The maximum atomic E-state index is 12.4. The standard InChI is InChI=1S/C12H17F3N2O3/c1-20-8-6-16-4-2-3-10(16)11(19)17(5-7-18)9-12(13,14)15/h2-4,18H,5-9H2,1H3. The van der Waals surface area contributed by atoms with Gasteiger partial charge < -0.3 is 19.3 Å². The number of aliphatic hydroxyl groups is 1. The van der Waals surface area contributed by atoms with Gasteiger partial charge in [0.2, 0.25) is 0 Å². The minimum atomic E-state index is -4.51. The number of carbonyl (C=O) groups excluding carboxylic acids is 1. The molecule has 1 aromatic rings. The molecule has 0 bridgehead atoms. The average Bonchev–Trinajstić information content (AvgIpc) is 2.81. The summed E-state index contributed by atoms with van der Waals surface area (Å²) in [7, 11) is 1.49. The van der Waals surface area contributed by atoms with Gasteiger partial charge in [0.25, 0.3) is 5.91 Å². The van der Waals surface area contributed by atoms with Gasteiger partial charge >= 0.3 is 6.18 Å². The molecule has 0 unspecified atom stereocenters. The smallest absolute Gasteiger partial charge is 0.395 e. The van der Waals surface area contributed by atoms with E-state index >= 15 is 0 Å². The van der Waals surface area contributed by atoms with E-state index in [0.29, 0.717) is 18.1 Å². The maximum Gasteiger partial charge on any atom is 0.406 e. The van der Waals surface area contributed by atoms with Gasteiger partial charge in [0, 0.05) is 26.4 Å². The zero-order valence-corrected chi connectivity index (χ0v) is 11.1. The number of hydrogen-bond acceptors (Lipinski definition) is 3. The van der Waals surface area contributed by atoms with E-state index in [0.717, 1.165) is 0 Å². The average molecular weight is 294 g/mol. The van der Waals surface area contributed by atoms with E-state index in [9.17, 15) is 18.0 Å². The fourth-order valence-corrected chi connectivity index (χ4v) is 1.74. The van der Waals surface area contributed by atoms with E-state index in [1.165, 1.54) is 17.7 Å². The number of alkyl halides is 3. The van der Waals surface area contributed by atoms with Crippen LogP contribution in [0.5, 0.6) is 0 Å². The molecule has 20 heavy (non-hydrogen) atoms. The lowest BCUT2D eigenvalue weighted by Gasteiger charge is -2.23. The third-order valence-electron chi connectivity index (χ3n) is 2.61. The Morgan fingerprint density at radius 2 is 2.20 bits per heavy atom. The molecule has 0 atom stereocenters. The van der Waals surface area contributed by atoms with Gasteiger partial charge in [-0.15, -0.1) is 0 Å². The van der Waals surface area contributed by atoms with Crippen LogP contribution in [0.4, 0.5) is 13.2 Å². The van der Waals surface area contributed by atoms with Crippen molar-refractivity contribution < 1.29 is 27.8 Å². The van der Waals surface area contributed by atoms with Gasteiger partial charge in [-0.1, -0.05) is 0 Å². The highest BCUT2D eigenvalue weighted by Gasteiger charge is 2.33. The van der Waals surface area contributed by atoms with Crippen LogP contribution in [0.3, 0.4) is 0 Å². The lowest BCUT2D eigenvalue weighted by molar-refractivity contribution is -0.141. The molecular weight excluding hydrogens is 277 g/mol. The third-order valence-corrected chi connectivity index (χ3v) is 2.61. The van der Waals surface area contributed by atoms with Gasteiger partial charge in [-0.25, -0.2) is 0 Å². The van der Waals surface area contributed by atoms with Crippen molar-refractivity contribution in [2.24, 2.45) is 0 Å². The monoisotopic (exact) mass is 294 g/mol. The van der Waals surface area contributed by atoms with Crippen LogP contribution in [0.25, 0.3) is 0 Å². The predicted molar refractivity (Wildman–Crippen MR) is 65.4 cm³/mol. The molecular formula is C12H17F3N2O3. The molecule has 0 aliphatic rings. The van der Waals surface area contributed by atoms with Crippen LogP contribution < -0.4 is 0 Å². The van der Waals surface area contributed by atoms with E-state index in [1.807, 2.05) is 0 Å². The SMILES string of the molecule is COCCn1cccc1C(=O)N(CCO)CC(F)(F)F. The first kappa shape index (κ1) is 16.5. The largest absolute Gasteiger partial charge is 0.406 e. The summed E-state index contributed by atoms with van der Waals surface area (Å²) in [5.41, 5.74) is 0.139. The minimum Gasteiger partial charge on any atom is -0.395 e. The van der Waals surface area contributed by atoms with E-state index < -0.39 is 25.2 Å². The Kier molecular flexibility index (Phi) is 6.03. The van der Waals surface area contributed by atoms with Gasteiger partial charge in [0.15, 0.2) is 0 Å². The molecule has 0 saturated heterocycles. The van der Waals surface area contributed by atoms with E-state index in [-0.39, 0.29) is 12.2 Å². The first-order chi connectivity index (χ1) is 9.39. The summed E-state index contributed by atoms with van der Waals surface area (Å²) >= 11 is 0. The Hall–Kier alpha value is -1.54. The molecule has 0 aromatic carbocycles. The highest BCUT2D eigenvalue weighted by Crippen LogP contribution is 2.18. The molecule has 114 valence electrons. The molecule has 0 aliphatic carbocycles. The molecule has 0 radical (unpaired) electrons. The highest BCUT2D eigenvalue weighted by atomic mass is 19.4. The summed E-state index contributed by atoms with van der Waals surface area (Å²) in [5, 5.41) is 8.80. The van der Waals surface area contributed by atoms with Crippen LogP contribution in [0.15, 0.2) is 18.3 Å². The van der Waals surface area contributed by atoms with Crippen molar-refractivity contribution in [2.45, 2.75) is 12.7 Å². The number of halogens is 3. The van der Waals surface area contributed by atoms with Crippen LogP contribution in [0.1, 0.15) is 10.5 Å². The Morgan fingerprint density at radius 1 is 1.50 bits per heavy atom. The number of hydrogen-bond donors (Lipinski definition) is 1. The molecule has 1 N–H and O–H groups in total. The first-order valence-electron chi connectivity index (χ1n) is 6.00. The second kappa shape index (κ2) is 7.30. The molecule has 1 rings (SSSR count). The molecule has 0 saturated carbocycles. The number of aliphatic hydroxyl groups excluding tert-OH is 1. The Bertz CT molecular complexity index is 432. The van der Waals surface area contributed by atoms with Gasteiger partial charge in [0.05, 0.1) is 13.2 Å². The van der Waals surface area contributed by atoms with Gasteiger partial charge in [0.1, 0.15) is 12.2 Å². The van der Waals surface area contributed by atoms with Gasteiger partial charge in [-0.05, 0) is 12.1 Å². The number of amides is 1. The lowest BCUT2D eigenvalue weighted by Crippen LogP contribution is -2.41. The van der Waals surface area contributed by atoms with Crippen LogP contribution in [0, 0.1) is 0 Å². The molecule has 1 amide bonds. The Morgan fingerprint density at radius 3 is 2.75 bits per heavy atom. The topological polar surface area (TPSA) is 54.7 Å². The fraction of sp³-hybridized carbons (Fsp3) is 0.583. The van der Waals surface area contributed by atoms with Gasteiger partial charge in [-0.3, -0.25) is 4.79 Å². The summed E-state index contributed by atoms with van der Waals surface area (Å²) in [4.78, 5) is 12.7. The van der Waals surface area contributed by atoms with Crippen LogP contribution in [0.2, 0.25) is 0 Å². The molecule has 5 nitrogen and oxygen atoms in total. The van der Waals surface area contributed by atoms with Crippen LogP contribution in [-0.2, 0) is 11.3 Å². The van der Waals surface area contributed by atoms with Gasteiger partial charge in [-0.2, -0.15) is 13.2 Å². The zero-order chi connectivity index (χ0) is 15.2. The Balaban J connectivity index is 2.86. The van der Waals surface area contributed by atoms with E-state index in [1.54, 1.807) is 12.3 Å². The van der Waals surface area contributed by atoms with Crippen molar-refractivity contribution in [3.05, 3.63) is 24.0 Å². The van der Waals surface area contributed by atoms with Crippen LogP contribution >= 0.6 is 0 Å². The molecule has 0 fully saturated rings.